The van der Waals surface area contributed by atoms with Gasteiger partial charge in [0.1, 0.15) is 0 Å². The molecule has 64 valence electrons. The Morgan fingerprint density at radius 3 is 2.64 bits per heavy atom. The molecule has 0 bridgehead atoms. The average molecular weight is 221 g/mol. The van der Waals surface area contributed by atoms with Crippen LogP contribution in [0.25, 0.3) is 0 Å². The zero-order valence-electron chi connectivity index (χ0n) is 6.61. The van der Waals surface area contributed by atoms with Crippen molar-refractivity contribution < 1.29 is 4.79 Å². The van der Waals surface area contributed by atoms with E-state index in [9.17, 15) is 4.79 Å². The van der Waals surface area contributed by atoms with E-state index < -0.39 is 0 Å². The number of carbonyl (C=O) groups excluding carboxylic acids is 1. The molecule has 0 atom stereocenters. The maximum Gasteiger partial charge on any atom is 0.233 e. The van der Waals surface area contributed by atoms with Gasteiger partial charge in [0.25, 0.3) is 0 Å². The molecule has 0 aliphatic heterocycles. The van der Waals surface area contributed by atoms with Crippen molar-refractivity contribution >= 4 is 21.8 Å². The van der Waals surface area contributed by atoms with Gasteiger partial charge in [-0.1, -0.05) is 22.5 Å². The van der Waals surface area contributed by atoms with Gasteiger partial charge < -0.3 is 10.6 Å². The van der Waals surface area contributed by atoms with Gasteiger partial charge in [-0.05, 0) is 6.92 Å². The van der Waals surface area contributed by atoms with Crippen LogP contribution in [0.15, 0.2) is 11.1 Å². The highest BCUT2D eigenvalue weighted by Gasteiger charge is 1.96. The fourth-order valence-electron chi connectivity index (χ4n) is 0.571. The van der Waals surface area contributed by atoms with Crippen LogP contribution in [0.5, 0.6) is 0 Å². The van der Waals surface area contributed by atoms with Crippen LogP contribution in [-0.2, 0) is 4.79 Å². The van der Waals surface area contributed by atoms with Gasteiger partial charge in [0.05, 0.1) is 6.54 Å². The summed E-state index contributed by atoms with van der Waals surface area (Å²) in [4.78, 5) is 10.8. The van der Waals surface area contributed by atoms with Gasteiger partial charge >= 0.3 is 0 Å². The minimum atomic E-state index is 0.0150. The Morgan fingerprint density at radius 2 is 2.18 bits per heavy atom. The molecule has 0 spiro atoms. The fourth-order valence-corrected chi connectivity index (χ4v) is 0.770. The van der Waals surface area contributed by atoms with E-state index in [1.165, 1.54) is 0 Å². The van der Waals surface area contributed by atoms with Crippen LogP contribution in [0.2, 0.25) is 0 Å². The lowest BCUT2D eigenvalue weighted by Crippen LogP contribution is -2.33. The third-order valence-corrected chi connectivity index (χ3v) is 1.26. The van der Waals surface area contributed by atoms with Crippen LogP contribution in [0.1, 0.15) is 6.92 Å². The summed E-state index contributed by atoms with van der Waals surface area (Å²) < 4.78 is 0.849. The summed E-state index contributed by atoms with van der Waals surface area (Å²) in [5.74, 6) is 0.0150. The maximum atomic E-state index is 10.8. The van der Waals surface area contributed by atoms with E-state index in [1.807, 2.05) is 6.92 Å². The van der Waals surface area contributed by atoms with Crippen molar-refractivity contribution in [3.8, 4) is 0 Å². The SMILES string of the molecule is C=C(Br)CNCC(=O)NCC. The number of halogens is 1. The summed E-state index contributed by atoms with van der Waals surface area (Å²) in [6.07, 6.45) is 0. The molecule has 0 rings (SSSR count). The Labute approximate surface area is 75.4 Å². The first-order valence-electron chi connectivity index (χ1n) is 3.47. The topological polar surface area (TPSA) is 41.1 Å². The van der Waals surface area contributed by atoms with Crippen molar-refractivity contribution in [2.24, 2.45) is 0 Å². The normalized spacial score (nSPS) is 9.27. The molecule has 0 aliphatic carbocycles. The van der Waals surface area contributed by atoms with Gasteiger partial charge in [0.2, 0.25) is 5.91 Å². The molecule has 2 N–H and O–H groups in total. The van der Waals surface area contributed by atoms with Gasteiger partial charge in [-0.2, -0.15) is 0 Å². The zero-order chi connectivity index (χ0) is 8.69. The monoisotopic (exact) mass is 220 g/mol. The second-order valence-corrected chi connectivity index (χ2v) is 3.20. The quantitative estimate of drug-likeness (QED) is 0.714. The molecular formula is C7H13BrN2O. The molecule has 0 aromatic carbocycles. The van der Waals surface area contributed by atoms with E-state index in [-0.39, 0.29) is 5.91 Å². The molecular weight excluding hydrogens is 208 g/mol. The highest BCUT2D eigenvalue weighted by Crippen LogP contribution is 1.95. The number of likely N-dealkylation sites (N-methyl/N-ethyl adjacent to an activating group) is 1. The van der Waals surface area contributed by atoms with Gasteiger partial charge in [0, 0.05) is 17.6 Å². The van der Waals surface area contributed by atoms with E-state index in [4.69, 9.17) is 0 Å². The molecule has 0 saturated heterocycles. The number of rotatable bonds is 5. The minimum Gasteiger partial charge on any atom is -0.355 e. The largest absolute Gasteiger partial charge is 0.355 e. The van der Waals surface area contributed by atoms with E-state index in [0.717, 1.165) is 4.48 Å². The molecule has 1 amide bonds. The van der Waals surface area contributed by atoms with Crippen molar-refractivity contribution in [2.45, 2.75) is 6.92 Å². The van der Waals surface area contributed by atoms with Crippen molar-refractivity contribution in [2.75, 3.05) is 19.6 Å². The number of amides is 1. The van der Waals surface area contributed by atoms with Crippen molar-refractivity contribution in [3.05, 3.63) is 11.1 Å². The molecule has 0 unspecified atom stereocenters. The standard InChI is InChI=1S/C7H13BrN2O/c1-3-10-7(11)5-9-4-6(2)8/h9H,2-5H2,1H3,(H,10,11). The average Bonchev–Trinajstić information content (AvgIpc) is 1.87. The summed E-state index contributed by atoms with van der Waals surface area (Å²) in [6, 6.07) is 0. The van der Waals surface area contributed by atoms with Gasteiger partial charge in [-0.25, -0.2) is 0 Å². The van der Waals surface area contributed by atoms with E-state index in [0.29, 0.717) is 19.6 Å². The molecule has 0 heterocycles. The number of hydrogen-bond donors (Lipinski definition) is 2. The molecule has 11 heavy (non-hydrogen) atoms. The van der Waals surface area contributed by atoms with Crippen LogP contribution in [0.3, 0.4) is 0 Å². The summed E-state index contributed by atoms with van der Waals surface area (Å²) >= 11 is 3.17. The number of carbonyl (C=O) groups is 1. The lowest BCUT2D eigenvalue weighted by Gasteiger charge is -2.02. The highest BCUT2D eigenvalue weighted by atomic mass is 79.9. The van der Waals surface area contributed by atoms with E-state index in [2.05, 4.69) is 33.1 Å². The predicted molar refractivity (Wildman–Crippen MR) is 49.6 cm³/mol. The van der Waals surface area contributed by atoms with Crippen molar-refractivity contribution in [3.63, 3.8) is 0 Å². The zero-order valence-corrected chi connectivity index (χ0v) is 8.20. The predicted octanol–water partition coefficient (Wildman–Crippen LogP) is 0.621. The van der Waals surface area contributed by atoms with Crippen molar-refractivity contribution in [1.82, 2.24) is 10.6 Å². The molecule has 0 aliphatic rings. The smallest absolute Gasteiger partial charge is 0.233 e. The Hall–Kier alpha value is -0.350. The molecule has 3 nitrogen and oxygen atoms in total. The van der Waals surface area contributed by atoms with E-state index >= 15 is 0 Å². The number of nitrogens with one attached hydrogen (secondary N) is 2. The van der Waals surface area contributed by atoms with Crippen LogP contribution in [-0.4, -0.2) is 25.5 Å². The van der Waals surface area contributed by atoms with E-state index in [1.54, 1.807) is 0 Å². The van der Waals surface area contributed by atoms with Gasteiger partial charge in [-0.3, -0.25) is 4.79 Å². The molecule has 0 saturated carbocycles. The minimum absolute atomic E-state index is 0.0150. The third-order valence-electron chi connectivity index (χ3n) is 0.976. The second kappa shape index (κ2) is 6.37. The Bertz CT molecular complexity index is 147. The van der Waals surface area contributed by atoms with Crippen LogP contribution >= 0.6 is 15.9 Å². The third kappa shape index (κ3) is 7.55. The summed E-state index contributed by atoms with van der Waals surface area (Å²) in [6.45, 7) is 7.15. The first-order valence-corrected chi connectivity index (χ1v) is 4.26. The molecule has 0 aromatic heterocycles. The second-order valence-electron chi connectivity index (χ2n) is 2.07. The molecule has 0 fully saturated rings. The Morgan fingerprint density at radius 1 is 1.55 bits per heavy atom. The van der Waals surface area contributed by atoms with Crippen LogP contribution in [0, 0.1) is 0 Å². The molecule has 4 heteroatoms. The number of hydrogen-bond acceptors (Lipinski definition) is 2. The highest BCUT2D eigenvalue weighted by molar-refractivity contribution is 9.11. The Balaban J connectivity index is 3.24. The summed E-state index contributed by atoms with van der Waals surface area (Å²) in [5, 5.41) is 5.58. The first-order chi connectivity index (χ1) is 5.16. The summed E-state index contributed by atoms with van der Waals surface area (Å²) in [5.41, 5.74) is 0. The van der Waals surface area contributed by atoms with Gasteiger partial charge in [-0.15, -0.1) is 0 Å². The van der Waals surface area contributed by atoms with Crippen LogP contribution < -0.4 is 10.6 Å². The molecule has 0 radical (unpaired) electrons. The first kappa shape index (κ1) is 10.7. The summed E-state index contributed by atoms with van der Waals surface area (Å²) in [7, 11) is 0. The fraction of sp³-hybridized carbons (Fsp3) is 0.571. The van der Waals surface area contributed by atoms with Crippen molar-refractivity contribution in [1.29, 1.82) is 0 Å². The Kier molecular flexibility index (Phi) is 6.16. The van der Waals surface area contributed by atoms with Gasteiger partial charge in [0.15, 0.2) is 0 Å². The lowest BCUT2D eigenvalue weighted by molar-refractivity contribution is -0.120. The molecule has 0 aromatic rings. The lowest BCUT2D eigenvalue weighted by atomic mass is 10.5. The van der Waals surface area contributed by atoms with Crippen LogP contribution in [0.4, 0.5) is 0 Å². The maximum absolute atomic E-state index is 10.8.